The molecule has 1 N–H and O–H groups in total. The highest BCUT2D eigenvalue weighted by Gasteiger charge is 2.31. The van der Waals surface area contributed by atoms with Crippen LogP contribution in [-0.2, 0) is 0 Å². The van der Waals surface area contributed by atoms with Crippen LogP contribution in [0.15, 0.2) is 12.1 Å². The lowest BCUT2D eigenvalue weighted by Gasteiger charge is -2.34. The second-order valence-corrected chi connectivity index (χ2v) is 4.49. The second-order valence-electron chi connectivity index (χ2n) is 4.49. The van der Waals surface area contributed by atoms with E-state index in [1.54, 1.807) is 0 Å². The molecule has 1 aliphatic rings. The number of benzene rings is 1. The van der Waals surface area contributed by atoms with E-state index in [9.17, 15) is 13.2 Å². The van der Waals surface area contributed by atoms with Crippen LogP contribution in [0.25, 0.3) is 0 Å². The summed E-state index contributed by atoms with van der Waals surface area (Å²) < 4.78 is 39.8. The molecule has 1 aromatic rings. The number of nitrogens with one attached hydrogen (secondary N) is 1. The van der Waals surface area contributed by atoms with Crippen molar-refractivity contribution in [1.29, 1.82) is 0 Å². The van der Waals surface area contributed by atoms with Crippen molar-refractivity contribution < 1.29 is 13.2 Å². The van der Waals surface area contributed by atoms with Crippen molar-refractivity contribution in [3.8, 4) is 0 Å². The Morgan fingerprint density at radius 3 is 2.47 bits per heavy atom. The molecule has 4 heteroatoms. The van der Waals surface area contributed by atoms with Crippen LogP contribution in [0.1, 0.15) is 37.8 Å². The Morgan fingerprint density at radius 2 is 1.94 bits per heavy atom. The Kier molecular flexibility index (Phi) is 3.72. The summed E-state index contributed by atoms with van der Waals surface area (Å²) in [6.07, 6.45) is 3.14. The molecule has 17 heavy (non-hydrogen) atoms. The first-order valence-corrected chi connectivity index (χ1v) is 6.02. The van der Waals surface area contributed by atoms with Gasteiger partial charge in [0.05, 0.1) is 0 Å². The van der Waals surface area contributed by atoms with E-state index in [1.807, 2.05) is 6.92 Å². The molecule has 1 aliphatic carbocycles. The van der Waals surface area contributed by atoms with Gasteiger partial charge in [-0.2, -0.15) is 0 Å². The summed E-state index contributed by atoms with van der Waals surface area (Å²) in [4.78, 5) is 0. The number of rotatable bonds is 4. The van der Waals surface area contributed by atoms with Gasteiger partial charge in [0.15, 0.2) is 17.5 Å². The maximum absolute atomic E-state index is 13.7. The van der Waals surface area contributed by atoms with Gasteiger partial charge in [0.1, 0.15) is 0 Å². The quantitative estimate of drug-likeness (QED) is 0.797. The molecule has 1 saturated carbocycles. The lowest BCUT2D eigenvalue weighted by molar-refractivity contribution is 0.227. The third kappa shape index (κ3) is 2.32. The van der Waals surface area contributed by atoms with Gasteiger partial charge in [0.2, 0.25) is 0 Å². The third-order valence-corrected chi connectivity index (χ3v) is 3.45. The molecular formula is C13H16F3N. The van der Waals surface area contributed by atoms with Crippen LogP contribution in [0.3, 0.4) is 0 Å². The monoisotopic (exact) mass is 243 g/mol. The Bertz CT molecular complexity index is 402. The molecule has 2 rings (SSSR count). The maximum atomic E-state index is 13.7. The van der Waals surface area contributed by atoms with E-state index in [4.69, 9.17) is 0 Å². The van der Waals surface area contributed by atoms with Crippen LogP contribution in [0, 0.1) is 23.4 Å². The second kappa shape index (κ2) is 5.08. The van der Waals surface area contributed by atoms with E-state index in [0.717, 1.165) is 25.3 Å². The summed E-state index contributed by atoms with van der Waals surface area (Å²) in [5.74, 6) is -3.23. The van der Waals surface area contributed by atoms with E-state index in [-0.39, 0.29) is 11.6 Å². The first-order valence-electron chi connectivity index (χ1n) is 6.02. The number of halogens is 3. The van der Waals surface area contributed by atoms with Crippen molar-refractivity contribution >= 4 is 0 Å². The predicted molar refractivity (Wildman–Crippen MR) is 60.1 cm³/mol. The van der Waals surface area contributed by atoms with Gasteiger partial charge in [0.25, 0.3) is 0 Å². The van der Waals surface area contributed by atoms with Gasteiger partial charge in [-0.25, -0.2) is 13.2 Å². The largest absolute Gasteiger partial charge is 0.310 e. The van der Waals surface area contributed by atoms with Crippen molar-refractivity contribution in [1.82, 2.24) is 5.32 Å². The fourth-order valence-corrected chi connectivity index (χ4v) is 2.30. The van der Waals surface area contributed by atoms with Crippen LogP contribution in [-0.4, -0.2) is 6.54 Å². The Labute approximate surface area is 99.0 Å². The highest BCUT2D eigenvalue weighted by Crippen LogP contribution is 2.38. The van der Waals surface area contributed by atoms with Crippen molar-refractivity contribution in [2.45, 2.75) is 32.2 Å². The highest BCUT2D eigenvalue weighted by atomic mass is 19.2. The number of hydrogen-bond acceptors (Lipinski definition) is 1. The molecule has 1 nitrogen and oxygen atoms in total. The van der Waals surface area contributed by atoms with Crippen molar-refractivity contribution in [2.24, 2.45) is 5.92 Å². The Hall–Kier alpha value is -1.03. The zero-order valence-electron chi connectivity index (χ0n) is 9.77. The minimum absolute atomic E-state index is 0.205. The molecule has 0 aromatic heterocycles. The SMILES string of the molecule is CCNC(c1ccc(F)c(F)c1F)C1CCC1. The molecule has 1 aromatic carbocycles. The Balaban J connectivity index is 2.31. The van der Waals surface area contributed by atoms with Gasteiger partial charge in [-0.05, 0) is 31.4 Å². The van der Waals surface area contributed by atoms with Gasteiger partial charge in [-0.3, -0.25) is 0 Å². The topological polar surface area (TPSA) is 12.0 Å². The van der Waals surface area contributed by atoms with E-state index >= 15 is 0 Å². The van der Waals surface area contributed by atoms with Crippen molar-refractivity contribution in [3.63, 3.8) is 0 Å². The summed E-state index contributed by atoms with van der Waals surface area (Å²) in [5, 5.41) is 3.16. The van der Waals surface area contributed by atoms with Crippen molar-refractivity contribution in [3.05, 3.63) is 35.1 Å². The molecule has 94 valence electrons. The summed E-state index contributed by atoms with van der Waals surface area (Å²) in [5.41, 5.74) is 0.246. The molecule has 1 unspecified atom stereocenters. The van der Waals surface area contributed by atoms with Crippen LogP contribution in [0.4, 0.5) is 13.2 Å². The van der Waals surface area contributed by atoms with Crippen molar-refractivity contribution in [2.75, 3.05) is 6.54 Å². The molecule has 0 saturated heterocycles. The van der Waals surface area contributed by atoms with Gasteiger partial charge >= 0.3 is 0 Å². The molecule has 0 aliphatic heterocycles. The summed E-state index contributed by atoms with van der Waals surface area (Å²) >= 11 is 0. The predicted octanol–water partition coefficient (Wildman–Crippen LogP) is 3.55. The zero-order valence-corrected chi connectivity index (χ0v) is 9.77. The average Bonchev–Trinajstić information content (AvgIpc) is 2.23. The molecule has 0 spiro atoms. The molecule has 0 radical (unpaired) electrons. The number of hydrogen-bond donors (Lipinski definition) is 1. The molecular weight excluding hydrogens is 227 g/mol. The van der Waals surface area contributed by atoms with Crippen LogP contribution < -0.4 is 5.32 Å². The molecule has 0 heterocycles. The Morgan fingerprint density at radius 1 is 1.24 bits per heavy atom. The van der Waals surface area contributed by atoms with E-state index in [0.29, 0.717) is 12.5 Å². The van der Waals surface area contributed by atoms with E-state index in [2.05, 4.69) is 5.32 Å². The minimum Gasteiger partial charge on any atom is -0.310 e. The first-order chi connectivity index (χ1) is 8.15. The lowest BCUT2D eigenvalue weighted by atomic mass is 9.77. The van der Waals surface area contributed by atoms with Crippen LogP contribution in [0.5, 0.6) is 0 Å². The molecule has 1 fully saturated rings. The summed E-state index contributed by atoms with van der Waals surface area (Å²) in [6.45, 7) is 2.60. The lowest BCUT2D eigenvalue weighted by Crippen LogP contribution is -2.33. The van der Waals surface area contributed by atoms with Crippen LogP contribution in [0.2, 0.25) is 0 Å². The normalized spacial score (nSPS) is 17.9. The molecule has 0 bridgehead atoms. The van der Waals surface area contributed by atoms with Gasteiger partial charge in [-0.1, -0.05) is 19.4 Å². The van der Waals surface area contributed by atoms with E-state index in [1.165, 1.54) is 6.07 Å². The smallest absolute Gasteiger partial charge is 0.194 e. The standard InChI is InChI=1S/C13H16F3N/c1-2-17-13(8-4-3-5-8)9-6-7-10(14)12(16)11(9)15/h6-8,13,17H,2-5H2,1H3. The van der Waals surface area contributed by atoms with E-state index < -0.39 is 17.5 Å². The minimum atomic E-state index is -1.37. The summed E-state index contributed by atoms with van der Waals surface area (Å²) in [6, 6.07) is 2.14. The fraction of sp³-hybridized carbons (Fsp3) is 0.538. The maximum Gasteiger partial charge on any atom is 0.194 e. The van der Waals surface area contributed by atoms with Gasteiger partial charge < -0.3 is 5.32 Å². The molecule has 1 atom stereocenters. The molecule has 0 amide bonds. The fourth-order valence-electron chi connectivity index (χ4n) is 2.30. The van der Waals surface area contributed by atoms with Gasteiger partial charge in [-0.15, -0.1) is 0 Å². The summed E-state index contributed by atoms with van der Waals surface area (Å²) in [7, 11) is 0. The zero-order chi connectivity index (χ0) is 12.4. The first kappa shape index (κ1) is 12.4. The third-order valence-electron chi connectivity index (χ3n) is 3.45. The van der Waals surface area contributed by atoms with Gasteiger partial charge in [0, 0.05) is 11.6 Å². The van der Waals surface area contributed by atoms with Crippen LogP contribution >= 0.6 is 0 Å². The highest BCUT2D eigenvalue weighted by molar-refractivity contribution is 5.24. The average molecular weight is 243 g/mol.